The molecule has 0 saturated heterocycles. The first-order valence-corrected chi connectivity index (χ1v) is 10.6. The van der Waals surface area contributed by atoms with Gasteiger partial charge in [-0.05, 0) is 31.0 Å². The van der Waals surface area contributed by atoms with Gasteiger partial charge in [0.25, 0.3) is 10.0 Å². The van der Waals surface area contributed by atoms with E-state index in [2.05, 4.69) is 9.71 Å². The number of hydrogen-bond acceptors (Lipinski definition) is 5. The number of sulfonamides is 1. The Labute approximate surface area is 167 Å². The van der Waals surface area contributed by atoms with E-state index in [4.69, 9.17) is 4.74 Å². The zero-order valence-electron chi connectivity index (χ0n) is 15.5. The summed E-state index contributed by atoms with van der Waals surface area (Å²) in [5, 5.41) is 0. The summed E-state index contributed by atoms with van der Waals surface area (Å²) in [7, 11) is -3.54. The van der Waals surface area contributed by atoms with Crippen molar-refractivity contribution >= 4 is 21.8 Å². The van der Waals surface area contributed by atoms with Crippen LogP contribution in [0.4, 0.5) is 8.78 Å². The van der Waals surface area contributed by atoms with Crippen LogP contribution in [0.15, 0.2) is 52.4 Å². The first kappa shape index (κ1) is 20.9. The van der Waals surface area contributed by atoms with Crippen LogP contribution in [-0.2, 0) is 26.2 Å². The minimum atomic E-state index is -3.54. The molecule has 0 aromatic heterocycles. The van der Waals surface area contributed by atoms with Gasteiger partial charge < -0.3 is 4.74 Å². The standard InChI is InChI=1S/C20H20F2N2O4S/c21-16-9-6-7-14(19(16)22)13-28-18(25)11-2-1-5-12-23-20-15-8-3-4-10-17(15)29(26,27)24-20/h3-4,6-10H,1-2,5,11-13H2,(H,23,24). The molecule has 1 N–H and O–H groups in total. The minimum Gasteiger partial charge on any atom is -0.461 e. The topological polar surface area (TPSA) is 84.8 Å². The monoisotopic (exact) mass is 422 g/mol. The molecule has 0 aliphatic carbocycles. The van der Waals surface area contributed by atoms with Gasteiger partial charge in [-0.3, -0.25) is 14.5 Å². The smallest absolute Gasteiger partial charge is 0.306 e. The summed E-state index contributed by atoms with van der Waals surface area (Å²) in [6.07, 6.45) is 2.06. The van der Waals surface area contributed by atoms with Crippen molar-refractivity contribution in [2.45, 2.75) is 37.2 Å². The fraction of sp³-hybridized carbons (Fsp3) is 0.300. The summed E-state index contributed by atoms with van der Waals surface area (Å²) in [4.78, 5) is 16.2. The highest BCUT2D eigenvalue weighted by Gasteiger charge is 2.29. The van der Waals surface area contributed by atoms with Crippen molar-refractivity contribution < 1.29 is 26.7 Å². The summed E-state index contributed by atoms with van der Waals surface area (Å²) >= 11 is 0. The van der Waals surface area contributed by atoms with Gasteiger partial charge in [-0.1, -0.05) is 30.7 Å². The SMILES string of the molecule is O=C(CCCCCN=C1NS(=O)(=O)c2ccccc21)OCc1cccc(F)c1F. The van der Waals surface area contributed by atoms with Crippen LogP contribution in [0.5, 0.6) is 0 Å². The van der Waals surface area contributed by atoms with Gasteiger partial charge in [-0.15, -0.1) is 0 Å². The van der Waals surface area contributed by atoms with Crippen LogP contribution >= 0.6 is 0 Å². The number of fused-ring (bicyclic) bond motifs is 1. The lowest BCUT2D eigenvalue weighted by molar-refractivity contribution is -0.145. The third kappa shape index (κ3) is 5.17. The lowest BCUT2D eigenvalue weighted by atomic mass is 10.2. The van der Waals surface area contributed by atoms with Crippen molar-refractivity contribution in [3.63, 3.8) is 0 Å². The number of esters is 1. The van der Waals surface area contributed by atoms with Crippen molar-refractivity contribution in [2.75, 3.05) is 6.54 Å². The van der Waals surface area contributed by atoms with E-state index in [-0.39, 0.29) is 23.5 Å². The zero-order valence-corrected chi connectivity index (χ0v) is 16.3. The fourth-order valence-electron chi connectivity index (χ4n) is 2.89. The molecule has 0 radical (unpaired) electrons. The number of hydrogen-bond donors (Lipinski definition) is 1. The van der Waals surface area contributed by atoms with Crippen LogP contribution in [0.3, 0.4) is 0 Å². The lowest BCUT2D eigenvalue weighted by Gasteiger charge is -2.06. The van der Waals surface area contributed by atoms with Crippen LogP contribution in [0.2, 0.25) is 0 Å². The first-order valence-electron chi connectivity index (χ1n) is 9.13. The van der Waals surface area contributed by atoms with Crippen LogP contribution in [0.25, 0.3) is 0 Å². The summed E-state index contributed by atoms with van der Waals surface area (Å²) < 4.78 is 58.0. The number of unbranched alkanes of at least 4 members (excludes halogenated alkanes) is 2. The molecule has 6 nitrogen and oxygen atoms in total. The molecule has 3 rings (SSSR count). The maximum absolute atomic E-state index is 13.5. The van der Waals surface area contributed by atoms with Crippen molar-refractivity contribution in [1.29, 1.82) is 0 Å². The predicted octanol–water partition coefficient (Wildman–Crippen LogP) is 3.31. The quantitative estimate of drug-likeness (QED) is 0.523. The number of ether oxygens (including phenoxy) is 1. The van der Waals surface area contributed by atoms with Gasteiger partial charge in [0.2, 0.25) is 0 Å². The van der Waals surface area contributed by atoms with Crippen LogP contribution in [0, 0.1) is 11.6 Å². The largest absolute Gasteiger partial charge is 0.461 e. The fourth-order valence-corrected chi connectivity index (χ4v) is 4.14. The van der Waals surface area contributed by atoms with Gasteiger partial charge >= 0.3 is 5.97 Å². The molecule has 0 unspecified atom stereocenters. The Balaban J connectivity index is 1.38. The summed E-state index contributed by atoms with van der Waals surface area (Å²) in [5.41, 5.74) is 0.550. The van der Waals surface area contributed by atoms with Gasteiger partial charge in [0.1, 0.15) is 12.4 Å². The molecule has 0 saturated carbocycles. The van der Waals surface area contributed by atoms with E-state index >= 15 is 0 Å². The third-order valence-electron chi connectivity index (χ3n) is 4.39. The van der Waals surface area contributed by atoms with Crippen LogP contribution in [-0.4, -0.2) is 26.8 Å². The average Bonchev–Trinajstić information content (AvgIpc) is 2.96. The highest BCUT2D eigenvalue weighted by Crippen LogP contribution is 2.22. The number of carbonyl (C=O) groups is 1. The van der Waals surface area contributed by atoms with Gasteiger partial charge in [0, 0.05) is 24.1 Å². The Morgan fingerprint density at radius 2 is 1.83 bits per heavy atom. The van der Waals surface area contributed by atoms with E-state index < -0.39 is 27.6 Å². The Morgan fingerprint density at radius 1 is 1.03 bits per heavy atom. The molecule has 0 amide bonds. The maximum Gasteiger partial charge on any atom is 0.306 e. The number of rotatable bonds is 8. The molecular formula is C20H20F2N2O4S. The second-order valence-electron chi connectivity index (χ2n) is 6.52. The zero-order chi connectivity index (χ0) is 20.9. The van der Waals surface area contributed by atoms with E-state index in [0.717, 1.165) is 6.07 Å². The second kappa shape index (κ2) is 9.13. The highest BCUT2D eigenvalue weighted by molar-refractivity contribution is 7.90. The highest BCUT2D eigenvalue weighted by atomic mass is 32.2. The molecule has 2 aromatic carbocycles. The molecule has 1 aliphatic rings. The van der Waals surface area contributed by atoms with Crippen LogP contribution < -0.4 is 4.72 Å². The Hall–Kier alpha value is -2.81. The molecule has 0 spiro atoms. The molecule has 0 bridgehead atoms. The molecule has 1 aliphatic heterocycles. The minimum absolute atomic E-state index is 0.00604. The Kier molecular flexibility index (Phi) is 6.58. The third-order valence-corrected chi connectivity index (χ3v) is 5.79. The van der Waals surface area contributed by atoms with Crippen molar-refractivity contribution in [2.24, 2.45) is 4.99 Å². The van der Waals surface area contributed by atoms with Gasteiger partial charge in [-0.2, -0.15) is 0 Å². The molecule has 0 fully saturated rings. The molecule has 1 heterocycles. The van der Waals surface area contributed by atoms with E-state index in [0.29, 0.717) is 37.2 Å². The number of aliphatic imine (C=N–C) groups is 1. The number of halogens is 2. The Morgan fingerprint density at radius 3 is 2.66 bits per heavy atom. The molecule has 29 heavy (non-hydrogen) atoms. The summed E-state index contributed by atoms with van der Waals surface area (Å²) in [5.74, 6) is -2.15. The summed E-state index contributed by atoms with van der Waals surface area (Å²) in [6, 6.07) is 10.3. The number of nitrogens with one attached hydrogen (secondary N) is 1. The number of carbonyl (C=O) groups excluding carboxylic acids is 1. The maximum atomic E-state index is 13.5. The summed E-state index contributed by atoms with van der Waals surface area (Å²) in [6.45, 7) is 0.103. The molecule has 0 atom stereocenters. The Bertz CT molecular complexity index is 1040. The normalized spacial score (nSPS) is 15.7. The molecule has 154 valence electrons. The average molecular weight is 422 g/mol. The lowest BCUT2D eigenvalue weighted by Crippen LogP contribution is -2.22. The van der Waals surface area contributed by atoms with E-state index in [9.17, 15) is 22.0 Å². The molecule has 2 aromatic rings. The number of benzene rings is 2. The van der Waals surface area contributed by atoms with Gasteiger partial charge in [-0.25, -0.2) is 17.2 Å². The molecule has 9 heteroatoms. The second-order valence-corrected chi connectivity index (χ2v) is 8.17. The predicted molar refractivity (Wildman–Crippen MR) is 103 cm³/mol. The van der Waals surface area contributed by atoms with E-state index in [1.807, 2.05) is 0 Å². The molecular weight excluding hydrogens is 402 g/mol. The first-order chi connectivity index (χ1) is 13.9. The van der Waals surface area contributed by atoms with Crippen molar-refractivity contribution in [3.05, 3.63) is 65.2 Å². The number of amidine groups is 1. The van der Waals surface area contributed by atoms with Gasteiger partial charge in [0.15, 0.2) is 11.6 Å². The van der Waals surface area contributed by atoms with Crippen LogP contribution in [0.1, 0.15) is 36.8 Å². The van der Waals surface area contributed by atoms with Crippen molar-refractivity contribution in [1.82, 2.24) is 4.72 Å². The van der Waals surface area contributed by atoms with Crippen molar-refractivity contribution in [3.8, 4) is 0 Å². The van der Waals surface area contributed by atoms with E-state index in [1.54, 1.807) is 18.2 Å². The van der Waals surface area contributed by atoms with E-state index in [1.165, 1.54) is 18.2 Å². The number of nitrogens with zero attached hydrogens (tertiary/aromatic N) is 1. The van der Waals surface area contributed by atoms with Gasteiger partial charge in [0.05, 0.1) is 4.90 Å².